The van der Waals surface area contributed by atoms with Gasteiger partial charge in [-0.25, -0.2) is 5.84 Å². The van der Waals surface area contributed by atoms with E-state index in [1.165, 1.54) is 0 Å². The van der Waals surface area contributed by atoms with Crippen molar-refractivity contribution < 1.29 is 0 Å². The highest BCUT2D eigenvalue weighted by Crippen LogP contribution is 1.87. The van der Waals surface area contributed by atoms with Crippen LogP contribution in [0.1, 0.15) is 19.8 Å². The van der Waals surface area contributed by atoms with Crippen molar-refractivity contribution in [3.05, 3.63) is 18.5 Å². The zero-order valence-corrected chi connectivity index (χ0v) is 9.69. The van der Waals surface area contributed by atoms with E-state index in [-0.39, 0.29) is 0 Å². The van der Waals surface area contributed by atoms with Crippen LogP contribution in [-0.2, 0) is 6.54 Å². The minimum Gasteiger partial charge on any atom is -0.355 e. The molecule has 0 unspecified atom stereocenters. The van der Waals surface area contributed by atoms with Crippen LogP contribution in [0.15, 0.2) is 23.5 Å². The second-order valence-corrected chi connectivity index (χ2v) is 3.42. The Bertz CT molecular complexity index is 292. The first-order valence-corrected chi connectivity index (χ1v) is 5.59. The van der Waals surface area contributed by atoms with E-state index in [9.17, 15) is 0 Å². The van der Waals surface area contributed by atoms with Crippen LogP contribution in [0.5, 0.6) is 0 Å². The van der Waals surface area contributed by atoms with Gasteiger partial charge in [-0.05, 0) is 18.9 Å². The molecule has 0 atom stereocenters. The van der Waals surface area contributed by atoms with Crippen molar-refractivity contribution >= 4 is 5.96 Å². The van der Waals surface area contributed by atoms with Gasteiger partial charge in [-0.15, -0.1) is 0 Å². The van der Waals surface area contributed by atoms with Crippen LogP contribution in [0.3, 0.4) is 0 Å². The van der Waals surface area contributed by atoms with E-state index in [1.807, 2.05) is 16.9 Å². The number of nitrogens with zero attached hydrogens (tertiary/aromatic N) is 3. The van der Waals surface area contributed by atoms with Gasteiger partial charge in [0.25, 0.3) is 0 Å². The predicted molar refractivity (Wildman–Crippen MR) is 64.8 cm³/mol. The fraction of sp³-hybridized carbons (Fsp3) is 0.600. The Kier molecular flexibility index (Phi) is 6.02. The topological polar surface area (TPSA) is 80.3 Å². The van der Waals surface area contributed by atoms with Crippen molar-refractivity contribution in [2.75, 3.05) is 13.1 Å². The van der Waals surface area contributed by atoms with Gasteiger partial charge in [-0.1, -0.05) is 6.92 Å². The molecule has 1 aromatic rings. The SMILES string of the molecule is CCCN=C(NN)NCCCn1cccn1. The van der Waals surface area contributed by atoms with Crippen LogP contribution in [0.2, 0.25) is 0 Å². The van der Waals surface area contributed by atoms with Gasteiger partial charge in [-0.2, -0.15) is 5.10 Å². The maximum Gasteiger partial charge on any atom is 0.205 e. The van der Waals surface area contributed by atoms with Crippen LogP contribution in [0, 0.1) is 0 Å². The Balaban J connectivity index is 2.13. The number of hydrazine groups is 1. The van der Waals surface area contributed by atoms with Crippen LogP contribution < -0.4 is 16.6 Å². The lowest BCUT2D eigenvalue weighted by molar-refractivity contribution is 0.570. The van der Waals surface area contributed by atoms with Crippen molar-refractivity contribution in [3.63, 3.8) is 0 Å². The number of rotatable bonds is 6. The largest absolute Gasteiger partial charge is 0.355 e. The highest BCUT2D eigenvalue weighted by atomic mass is 15.3. The number of aliphatic imine (C=N–C) groups is 1. The minimum absolute atomic E-state index is 0.655. The summed E-state index contributed by atoms with van der Waals surface area (Å²) in [7, 11) is 0. The molecule has 0 aliphatic carbocycles. The summed E-state index contributed by atoms with van der Waals surface area (Å²) < 4.78 is 1.90. The average Bonchev–Trinajstić information content (AvgIpc) is 2.81. The summed E-state index contributed by atoms with van der Waals surface area (Å²) in [6.07, 6.45) is 5.73. The number of nitrogens with one attached hydrogen (secondary N) is 2. The van der Waals surface area contributed by atoms with Gasteiger partial charge in [0.1, 0.15) is 0 Å². The molecule has 4 N–H and O–H groups in total. The lowest BCUT2D eigenvalue weighted by Crippen LogP contribution is -2.42. The third kappa shape index (κ3) is 4.79. The standard InChI is InChI=1S/C10H20N6/c1-2-5-12-10(15-11)13-6-3-8-16-9-4-7-14-16/h4,7,9H,2-3,5-6,8,11H2,1H3,(H2,12,13,15). The summed E-state index contributed by atoms with van der Waals surface area (Å²) in [4.78, 5) is 4.24. The number of hydrogen-bond donors (Lipinski definition) is 3. The van der Waals surface area contributed by atoms with Crippen molar-refractivity contribution in [2.45, 2.75) is 26.3 Å². The van der Waals surface area contributed by atoms with Gasteiger partial charge in [0.15, 0.2) is 0 Å². The fourth-order valence-electron chi connectivity index (χ4n) is 1.26. The first-order valence-electron chi connectivity index (χ1n) is 5.59. The van der Waals surface area contributed by atoms with Crippen molar-refractivity contribution in [2.24, 2.45) is 10.8 Å². The van der Waals surface area contributed by atoms with Crippen molar-refractivity contribution in [1.82, 2.24) is 20.5 Å². The molecule has 0 amide bonds. The fourth-order valence-corrected chi connectivity index (χ4v) is 1.26. The lowest BCUT2D eigenvalue weighted by atomic mass is 10.4. The molecule has 0 saturated carbocycles. The molecule has 0 fully saturated rings. The maximum atomic E-state index is 5.33. The van der Waals surface area contributed by atoms with Crippen molar-refractivity contribution in [3.8, 4) is 0 Å². The molecule has 0 aromatic carbocycles. The summed E-state index contributed by atoms with van der Waals surface area (Å²) in [5.41, 5.74) is 2.55. The Labute approximate surface area is 95.9 Å². The molecule has 0 aliphatic rings. The van der Waals surface area contributed by atoms with Crippen molar-refractivity contribution in [1.29, 1.82) is 0 Å². The quantitative estimate of drug-likeness (QED) is 0.210. The minimum atomic E-state index is 0.655. The number of aryl methyl sites for hydroxylation is 1. The number of nitrogens with two attached hydrogens (primary N) is 1. The molecule has 1 aromatic heterocycles. The summed E-state index contributed by atoms with van der Waals surface area (Å²) >= 11 is 0. The molecule has 0 radical (unpaired) electrons. The summed E-state index contributed by atoms with van der Waals surface area (Å²) in [5, 5.41) is 7.26. The predicted octanol–water partition coefficient (Wildman–Crippen LogP) is 0.0921. The molecular weight excluding hydrogens is 204 g/mol. The van der Waals surface area contributed by atoms with Gasteiger partial charge >= 0.3 is 0 Å². The third-order valence-corrected chi connectivity index (χ3v) is 2.05. The Morgan fingerprint density at radius 3 is 3.06 bits per heavy atom. The third-order valence-electron chi connectivity index (χ3n) is 2.05. The number of aromatic nitrogens is 2. The van der Waals surface area contributed by atoms with Gasteiger partial charge in [0.2, 0.25) is 5.96 Å². The molecule has 6 heteroatoms. The molecule has 6 nitrogen and oxygen atoms in total. The molecule has 90 valence electrons. The zero-order valence-electron chi connectivity index (χ0n) is 9.69. The van der Waals surface area contributed by atoms with Gasteiger partial charge in [-0.3, -0.25) is 15.1 Å². The van der Waals surface area contributed by atoms with E-state index in [2.05, 4.69) is 27.8 Å². The summed E-state index contributed by atoms with van der Waals surface area (Å²) in [5.74, 6) is 5.98. The first-order chi connectivity index (χ1) is 7.86. The number of hydrogen-bond acceptors (Lipinski definition) is 3. The average molecular weight is 224 g/mol. The van der Waals surface area contributed by atoms with Crippen LogP contribution in [-0.4, -0.2) is 28.8 Å². The maximum absolute atomic E-state index is 5.33. The molecule has 16 heavy (non-hydrogen) atoms. The normalized spacial score (nSPS) is 11.5. The highest BCUT2D eigenvalue weighted by Gasteiger charge is 1.95. The smallest absolute Gasteiger partial charge is 0.205 e. The molecule has 1 rings (SSSR count). The molecule has 1 heterocycles. The van der Waals surface area contributed by atoms with E-state index in [0.29, 0.717) is 5.96 Å². The van der Waals surface area contributed by atoms with Gasteiger partial charge in [0.05, 0.1) is 0 Å². The van der Waals surface area contributed by atoms with E-state index in [1.54, 1.807) is 6.20 Å². The molecule has 0 bridgehead atoms. The van der Waals surface area contributed by atoms with Crippen LogP contribution in [0.25, 0.3) is 0 Å². The Morgan fingerprint density at radius 2 is 2.44 bits per heavy atom. The summed E-state index contributed by atoms with van der Waals surface area (Å²) in [6.45, 7) is 4.58. The Morgan fingerprint density at radius 1 is 1.56 bits per heavy atom. The first kappa shape index (κ1) is 12.5. The van der Waals surface area contributed by atoms with Crippen LogP contribution in [0.4, 0.5) is 0 Å². The zero-order chi connectivity index (χ0) is 11.6. The second kappa shape index (κ2) is 7.70. The van der Waals surface area contributed by atoms with E-state index in [0.717, 1.165) is 32.5 Å². The highest BCUT2D eigenvalue weighted by molar-refractivity contribution is 5.79. The van der Waals surface area contributed by atoms with Gasteiger partial charge < -0.3 is 5.32 Å². The Hall–Kier alpha value is -1.56. The van der Waals surface area contributed by atoms with E-state index < -0.39 is 0 Å². The molecule has 0 spiro atoms. The molecular formula is C10H20N6. The number of guanidine groups is 1. The molecule has 0 saturated heterocycles. The van der Waals surface area contributed by atoms with E-state index >= 15 is 0 Å². The molecule has 0 aliphatic heterocycles. The van der Waals surface area contributed by atoms with Gasteiger partial charge in [0, 0.05) is 32.0 Å². The second-order valence-electron chi connectivity index (χ2n) is 3.42. The van der Waals surface area contributed by atoms with Crippen LogP contribution >= 0.6 is 0 Å². The lowest BCUT2D eigenvalue weighted by Gasteiger charge is -2.08. The van der Waals surface area contributed by atoms with E-state index in [4.69, 9.17) is 5.84 Å². The summed E-state index contributed by atoms with van der Waals surface area (Å²) in [6, 6.07) is 1.92. The monoisotopic (exact) mass is 224 g/mol.